The minimum atomic E-state index is 1.04. The van der Waals surface area contributed by atoms with Crippen LogP contribution in [0.3, 0.4) is 0 Å². The highest BCUT2D eigenvalue weighted by Crippen LogP contribution is 2.12. The van der Waals surface area contributed by atoms with Gasteiger partial charge in [0, 0.05) is 5.33 Å². The van der Waals surface area contributed by atoms with E-state index in [1.54, 1.807) is 0 Å². The van der Waals surface area contributed by atoms with Gasteiger partial charge in [-0.25, -0.2) is 0 Å². The van der Waals surface area contributed by atoms with Crippen molar-refractivity contribution in [3.05, 3.63) is 41.0 Å². The Kier molecular flexibility index (Phi) is 4.23. The van der Waals surface area contributed by atoms with Gasteiger partial charge >= 0.3 is 0 Å². The molecule has 0 bridgehead atoms. The first-order valence-electron chi connectivity index (χ1n) is 4.54. The molecule has 0 aliphatic heterocycles. The summed E-state index contributed by atoms with van der Waals surface area (Å²) in [6.07, 6.45) is 5.48. The molecule has 0 saturated carbocycles. The molecule has 0 aliphatic rings. The van der Waals surface area contributed by atoms with Crippen LogP contribution in [0.15, 0.2) is 24.3 Å². The van der Waals surface area contributed by atoms with E-state index in [9.17, 15) is 0 Å². The number of aryl methyl sites for hydroxylation is 2. The minimum Gasteiger partial charge on any atom is -0.0925 e. The molecule has 1 aromatic rings. The van der Waals surface area contributed by atoms with Crippen LogP contribution in [0.25, 0.3) is 6.08 Å². The van der Waals surface area contributed by atoms with Gasteiger partial charge in [-0.1, -0.05) is 51.8 Å². The van der Waals surface area contributed by atoms with Crippen molar-refractivity contribution in [1.82, 2.24) is 0 Å². The van der Waals surface area contributed by atoms with Crippen LogP contribution in [0, 0.1) is 13.8 Å². The molecule has 1 heteroatoms. The number of benzene rings is 1. The number of rotatable bonds is 3. The predicted octanol–water partition coefficient (Wildman–Crippen LogP) is 4.10. The molecule has 0 fully saturated rings. The maximum Gasteiger partial charge on any atom is 0.00660 e. The van der Waals surface area contributed by atoms with Gasteiger partial charge in [0.1, 0.15) is 0 Å². The maximum atomic E-state index is 3.40. The van der Waals surface area contributed by atoms with Crippen LogP contribution >= 0.6 is 15.9 Å². The molecule has 0 spiro atoms. The topological polar surface area (TPSA) is 0 Å². The van der Waals surface area contributed by atoms with Gasteiger partial charge in [0.05, 0.1) is 0 Å². The second-order valence-electron chi connectivity index (χ2n) is 3.24. The molecule has 0 aromatic heterocycles. The average molecular weight is 239 g/mol. The third-order valence-electron chi connectivity index (χ3n) is 2.00. The Labute approximate surface area is 88.8 Å². The van der Waals surface area contributed by atoms with Crippen molar-refractivity contribution in [3.8, 4) is 0 Å². The summed E-state index contributed by atoms with van der Waals surface area (Å²) in [5, 5.41) is 1.04. The molecule has 0 radical (unpaired) electrons. The lowest BCUT2D eigenvalue weighted by Crippen LogP contribution is -1.81. The summed E-state index contributed by atoms with van der Waals surface area (Å²) in [6, 6.07) is 6.55. The van der Waals surface area contributed by atoms with Gasteiger partial charge in [-0.05, 0) is 31.4 Å². The largest absolute Gasteiger partial charge is 0.0925 e. The zero-order chi connectivity index (χ0) is 9.68. The van der Waals surface area contributed by atoms with Crippen LogP contribution < -0.4 is 0 Å². The maximum absolute atomic E-state index is 3.40. The van der Waals surface area contributed by atoms with Crippen LogP contribution in [0.1, 0.15) is 23.1 Å². The van der Waals surface area contributed by atoms with Crippen LogP contribution in [-0.4, -0.2) is 5.33 Å². The Morgan fingerprint density at radius 3 is 2.69 bits per heavy atom. The summed E-state index contributed by atoms with van der Waals surface area (Å²) < 4.78 is 0. The summed E-state index contributed by atoms with van der Waals surface area (Å²) >= 11 is 3.40. The number of hydrogen-bond acceptors (Lipinski definition) is 0. The molecule has 0 heterocycles. The second kappa shape index (κ2) is 5.23. The standard InChI is InChI=1S/C12H15Br/c1-10-6-7-12(11(2)9-10)5-3-4-8-13/h3,5-7,9H,4,8H2,1-2H3. The molecule has 0 unspecified atom stereocenters. The predicted molar refractivity (Wildman–Crippen MR) is 63.4 cm³/mol. The summed E-state index contributed by atoms with van der Waals surface area (Å²) in [4.78, 5) is 0. The van der Waals surface area contributed by atoms with E-state index in [4.69, 9.17) is 0 Å². The van der Waals surface area contributed by atoms with E-state index in [2.05, 4.69) is 60.1 Å². The van der Waals surface area contributed by atoms with Gasteiger partial charge in [0.15, 0.2) is 0 Å². The van der Waals surface area contributed by atoms with Gasteiger partial charge in [-0.15, -0.1) is 0 Å². The smallest absolute Gasteiger partial charge is 0.00660 e. The van der Waals surface area contributed by atoms with E-state index in [1.165, 1.54) is 16.7 Å². The highest BCUT2D eigenvalue weighted by molar-refractivity contribution is 9.09. The summed E-state index contributed by atoms with van der Waals surface area (Å²) in [5.41, 5.74) is 4.01. The number of halogens is 1. The molecule has 0 nitrogen and oxygen atoms in total. The molecule has 0 N–H and O–H groups in total. The van der Waals surface area contributed by atoms with E-state index in [0.717, 1.165) is 11.8 Å². The molecule has 1 rings (SSSR count). The van der Waals surface area contributed by atoms with E-state index in [0.29, 0.717) is 0 Å². The fraction of sp³-hybridized carbons (Fsp3) is 0.333. The van der Waals surface area contributed by atoms with Crippen LogP contribution in [-0.2, 0) is 0 Å². The molecule has 0 atom stereocenters. The Morgan fingerprint density at radius 1 is 1.31 bits per heavy atom. The van der Waals surface area contributed by atoms with Crippen LogP contribution in [0.2, 0.25) is 0 Å². The van der Waals surface area contributed by atoms with Crippen LogP contribution in [0.5, 0.6) is 0 Å². The first-order chi connectivity index (χ1) is 6.24. The number of allylic oxidation sites excluding steroid dienone is 1. The first-order valence-corrected chi connectivity index (χ1v) is 5.66. The summed E-state index contributed by atoms with van der Waals surface area (Å²) in [5.74, 6) is 0. The van der Waals surface area contributed by atoms with Crippen molar-refractivity contribution in [1.29, 1.82) is 0 Å². The SMILES string of the molecule is Cc1ccc(C=CCCBr)c(C)c1. The van der Waals surface area contributed by atoms with Crippen molar-refractivity contribution in [2.75, 3.05) is 5.33 Å². The van der Waals surface area contributed by atoms with E-state index in [1.807, 2.05) is 0 Å². The highest BCUT2D eigenvalue weighted by atomic mass is 79.9. The third kappa shape index (κ3) is 3.35. The molecule has 0 saturated heterocycles. The van der Waals surface area contributed by atoms with Crippen molar-refractivity contribution in [3.63, 3.8) is 0 Å². The summed E-state index contributed by atoms with van der Waals surface area (Å²) in [6.45, 7) is 4.28. The third-order valence-corrected chi connectivity index (χ3v) is 2.46. The molecule has 0 amide bonds. The minimum absolute atomic E-state index is 1.04. The van der Waals surface area contributed by atoms with Gasteiger partial charge in [-0.2, -0.15) is 0 Å². The summed E-state index contributed by atoms with van der Waals surface area (Å²) in [7, 11) is 0. The molecule has 1 aromatic carbocycles. The highest BCUT2D eigenvalue weighted by Gasteiger charge is 1.92. The zero-order valence-electron chi connectivity index (χ0n) is 8.18. The van der Waals surface area contributed by atoms with E-state index in [-0.39, 0.29) is 0 Å². The lowest BCUT2D eigenvalue weighted by molar-refractivity contribution is 1.27. The monoisotopic (exact) mass is 238 g/mol. The lowest BCUT2D eigenvalue weighted by atomic mass is 10.1. The Balaban J connectivity index is 2.77. The molecule has 0 aliphatic carbocycles. The Morgan fingerprint density at radius 2 is 2.08 bits per heavy atom. The van der Waals surface area contributed by atoms with E-state index < -0.39 is 0 Å². The number of hydrogen-bond donors (Lipinski definition) is 0. The molecular weight excluding hydrogens is 224 g/mol. The second-order valence-corrected chi connectivity index (χ2v) is 4.03. The van der Waals surface area contributed by atoms with Crippen LogP contribution in [0.4, 0.5) is 0 Å². The van der Waals surface area contributed by atoms with Gasteiger partial charge < -0.3 is 0 Å². The van der Waals surface area contributed by atoms with Crippen molar-refractivity contribution in [2.24, 2.45) is 0 Å². The van der Waals surface area contributed by atoms with Gasteiger partial charge in [0.2, 0.25) is 0 Å². The first kappa shape index (κ1) is 10.5. The quantitative estimate of drug-likeness (QED) is 0.696. The molecular formula is C12H15Br. The van der Waals surface area contributed by atoms with Crippen molar-refractivity contribution < 1.29 is 0 Å². The Hall–Kier alpha value is -0.560. The van der Waals surface area contributed by atoms with Crippen molar-refractivity contribution >= 4 is 22.0 Å². The van der Waals surface area contributed by atoms with Gasteiger partial charge in [-0.3, -0.25) is 0 Å². The lowest BCUT2D eigenvalue weighted by Gasteiger charge is -2.00. The molecule has 70 valence electrons. The zero-order valence-corrected chi connectivity index (χ0v) is 9.76. The fourth-order valence-electron chi connectivity index (χ4n) is 1.29. The van der Waals surface area contributed by atoms with Gasteiger partial charge in [0.25, 0.3) is 0 Å². The average Bonchev–Trinajstić information content (AvgIpc) is 2.09. The van der Waals surface area contributed by atoms with E-state index >= 15 is 0 Å². The molecule has 13 heavy (non-hydrogen) atoms. The van der Waals surface area contributed by atoms with Crippen molar-refractivity contribution in [2.45, 2.75) is 20.3 Å². The number of alkyl halides is 1. The normalized spacial score (nSPS) is 11.0. The fourth-order valence-corrected chi connectivity index (χ4v) is 1.55. The Bertz CT molecular complexity index is 300.